The molecule has 2 aliphatic heterocycles. The predicted molar refractivity (Wildman–Crippen MR) is 83.8 cm³/mol. The number of ether oxygens (including phenoxy) is 2. The molecule has 1 N–H and O–H groups in total. The van der Waals surface area contributed by atoms with Crippen LogP contribution in [-0.4, -0.2) is 19.8 Å². The molecule has 1 aromatic rings. The quantitative estimate of drug-likeness (QED) is 0.885. The molecule has 1 fully saturated rings. The van der Waals surface area contributed by atoms with E-state index >= 15 is 0 Å². The number of hydrogen-bond donors (Lipinski definition) is 1. The van der Waals surface area contributed by atoms with Gasteiger partial charge in [-0.05, 0) is 59.8 Å². The Balaban J connectivity index is 2.21. The van der Waals surface area contributed by atoms with Crippen molar-refractivity contribution in [3.8, 4) is 11.5 Å². The second kappa shape index (κ2) is 5.23. The van der Waals surface area contributed by atoms with Gasteiger partial charge in [0, 0.05) is 11.1 Å². The molecule has 110 valence electrons. The lowest BCUT2D eigenvalue weighted by molar-refractivity contribution is 0.167. The van der Waals surface area contributed by atoms with Crippen molar-refractivity contribution in [2.75, 3.05) is 19.8 Å². The fourth-order valence-electron chi connectivity index (χ4n) is 3.34. The lowest BCUT2D eigenvalue weighted by atomic mass is 9.82. The molecule has 0 bridgehead atoms. The minimum atomic E-state index is 0.0396. The highest BCUT2D eigenvalue weighted by molar-refractivity contribution is 9.10. The third-order valence-corrected chi connectivity index (χ3v) is 4.93. The summed E-state index contributed by atoms with van der Waals surface area (Å²) in [5, 5.41) is 3.66. The number of nitrogens with one attached hydrogen (secondary N) is 1. The van der Waals surface area contributed by atoms with E-state index in [0.29, 0.717) is 19.1 Å². The van der Waals surface area contributed by atoms with Gasteiger partial charge in [0.15, 0.2) is 11.5 Å². The molecule has 1 saturated heterocycles. The van der Waals surface area contributed by atoms with Gasteiger partial charge in [-0.3, -0.25) is 0 Å². The average Bonchev–Trinajstić information content (AvgIpc) is 2.86. The molecule has 0 aliphatic carbocycles. The van der Waals surface area contributed by atoms with Crippen molar-refractivity contribution < 1.29 is 9.47 Å². The van der Waals surface area contributed by atoms with Gasteiger partial charge in [-0.25, -0.2) is 0 Å². The van der Waals surface area contributed by atoms with E-state index in [2.05, 4.69) is 48.1 Å². The Kier molecular flexibility index (Phi) is 3.71. The molecule has 2 heterocycles. The van der Waals surface area contributed by atoms with Crippen LogP contribution in [0.15, 0.2) is 10.5 Å². The number of fused-ring (bicyclic) bond motifs is 1. The SMILES string of the molecule is CC(C)c1c(C2(C)CCCN2)cc(Br)c2c1OCCO2. The maximum Gasteiger partial charge on any atom is 0.175 e. The van der Waals surface area contributed by atoms with Crippen LogP contribution in [-0.2, 0) is 5.54 Å². The van der Waals surface area contributed by atoms with Gasteiger partial charge in [0.2, 0.25) is 0 Å². The van der Waals surface area contributed by atoms with Crippen molar-refractivity contribution in [3.63, 3.8) is 0 Å². The van der Waals surface area contributed by atoms with Crippen molar-refractivity contribution in [2.45, 2.75) is 45.1 Å². The summed E-state index contributed by atoms with van der Waals surface area (Å²) < 4.78 is 12.8. The molecular weight excluding hydrogens is 318 g/mol. The van der Waals surface area contributed by atoms with Gasteiger partial charge in [-0.1, -0.05) is 13.8 Å². The Morgan fingerprint density at radius 2 is 1.95 bits per heavy atom. The van der Waals surface area contributed by atoms with E-state index in [1.54, 1.807) is 0 Å². The van der Waals surface area contributed by atoms with Gasteiger partial charge in [0.05, 0.1) is 4.47 Å². The van der Waals surface area contributed by atoms with Crippen LogP contribution < -0.4 is 14.8 Å². The van der Waals surface area contributed by atoms with Crippen molar-refractivity contribution in [1.29, 1.82) is 0 Å². The normalized spacial score (nSPS) is 25.2. The van der Waals surface area contributed by atoms with Gasteiger partial charge >= 0.3 is 0 Å². The van der Waals surface area contributed by atoms with E-state index in [1.165, 1.54) is 24.0 Å². The fourth-order valence-corrected chi connectivity index (χ4v) is 3.87. The van der Waals surface area contributed by atoms with Crippen LogP contribution in [0.1, 0.15) is 50.7 Å². The van der Waals surface area contributed by atoms with E-state index in [1.807, 2.05) is 0 Å². The standard InChI is InChI=1S/C16H22BrNO2/c1-10(2)13-11(16(3)5-4-6-18-16)9-12(17)14-15(13)20-8-7-19-14/h9-10,18H,4-8H2,1-3H3. The molecule has 0 saturated carbocycles. The zero-order chi connectivity index (χ0) is 14.3. The summed E-state index contributed by atoms with van der Waals surface area (Å²) in [6, 6.07) is 2.22. The Morgan fingerprint density at radius 3 is 2.55 bits per heavy atom. The molecule has 1 unspecified atom stereocenters. The molecule has 4 heteroatoms. The van der Waals surface area contributed by atoms with Crippen LogP contribution in [0.4, 0.5) is 0 Å². The molecule has 1 atom stereocenters. The molecule has 3 nitrogen and oxygen atoms in total. The van der Waals surface area contributed by atoms with E-state index < -0.39 is 0 Å². The first-order chi connectivity index (χ1) is 9.53. The van der Waals surface area contributed by atoms with Gasteiger partial charge in [0.1, 0.15) is 13.2 Å². The lowest BCUT2D eigenvalue weighted by Crippen LogP contribution is -2.35. The Morgan fingerprint density at radius 1 is 1.25 bits per heavy atom. The minimum absolute atomic E-state index is 0.0396. The summed E-state index contributed by atoms with van der Waals surface area (Å²) >= 11 is 3.65. The second-order valence-corrected chi connectivity index (χ2v) is 7.05. The topological polar surface area (TPSA) is 30.5 Å². The molecule has 20 heavy (non-hydrogen) atoms. The van der Waals surface area contributed by atoms with Crippen molar-refractivity contribution >= 4 is 15.9 Å². The molecular formula is C16H22BrNO2. The largest absolute Gasteiger partial charge is 0.486 e. The number of rotatable bonds is 2. The summed E-state index contributed by atoms with van der Waals surface area (Å²) in [5.74, 6) is 2.21. The molecule has 0 radical (unpaired) electrons. The molecule has 0 aromatic heterocycles. The summed E-state index contributed by atoms with van der Waals surface area (Å²) in [7, 11) is 0. The molecule has 2 aliphatic rings. The smallest absolute Gasteiger partial charge is 0.175 e. The van der Waals surface area contributed by atoms with E-state index in [-0.39, 0.29) is 5.54 Å². The molecule has 0 spiro atoms. The van der Waals surface area contributed by atoms with Gasteiger partial charge in [-0.2, -0.15) is 0 Å². The van der Waals surface area contributed by atoms with E-state index in [4.69, 9.17) is 9.47 Å². The summed E-state index contributed by atoms with van der Waals surface area (Å²) in [4.78, 5) is 0. The number of benzene rings is 1. The zero-order valence-corrected chi connectivity index (χ0v) is 14.0. The third-order valence-electron chi connectivity index (χ3n) is 4.35. The fraction of sp³-hybridized carbons (Fsp3) is 0.625. The van der Waals surface area contributed by atoms with Crippen LogP contribution in [0.5, 0.6) is 11.5 Å². The van der Waals surface area contributed by atoms with Crippen molar-refractivity contribution in [3.05, 3.63) is 21.7 Å². The van der Waals surface area contributed by atoms with Crippen LogP contribution in [0, 0.1) is 0 Å². The lowest BCUT2D eigenvalue weighted by Gasteiger charge is -2.33. The first-order valence-electron chi connectivity index (χ1n) is 7.40. The third kappa shape index (κ3) is 2.23. The van der Waals surface area contributed by atoms with Crippen molar-refractivity contribution in [1.82, 2.24) is 5.32 Å². The summed E-state index contributed by atoms with van der Waals surface area (Å²) in [6.45, 7) is 9.08. The first kappa shape index (κ1) is 14.2. The maximum atomic E-state index is 5.96. The van der Waals surface area contributed by atoms with E-state index in [0.717, 1.165) is 22.5 Å². The Bertz CT molecular complexity index is 522. The van der Waals surface area contributed by atoms with Crippen LogP contribution in [0.3, 0.4) is 0 Å². The first-order valence-corrected chi connectivity index (χ1v) is 8.20. The van der Waals surface area contributed by atoms with Gasteiger partial charge in [0.25, 0.3) is 0 Å². The highest BCUT2D eigenvalue weighted by Crippen LogP contribution is 2.48. The van der Waals surface area contributed by atoms with Crippen LogP contribution in [0.25, 0.3) is 0 Å². The Labute approximate surface area is 129 Å². The number of halogens is 1. The number of hydrogen-bond acceptors (Lipinski definition) is 3. The van der Waals surface area contributed by atoms with E-state index in [9.17, 15) is 0 Å². The molecule has 1 aromatic carbocycles. The predicted octanol–water partition coefficient (Wildman–Crippen LogP) is 3.94. The summed E-state index contributed by atoms with van der Waals surface area (Å²) in [5.41, 5.74) is 2.68. The monoisotopic (exact) mass is 339 g/mol. The molecule has 3 rings (SSSR count). The van der Waals surface area contributed by atoms with Gasteiger partial charge in [-0.15, -0.1) is 0 Å². The Hall–Kier alpha value is -0.740. The molecule has 0 amide bonds. The van der Waals surface area contributed by atoms with Crippen molar-refractivity contribution in [2.24, 2.45) is 0 Å². The average molecular weight is 340 g/mol. The minimum Gasteiger partial charge on any atom is -0.486 e. The highest BCUT2D eigenvalue weighted by Gasteiger charge is 2.36. The second-order valence-electron chi connectivity index (χ2n) is 6.19. The maximum absolute atomic E-state index is 5.96. The highest BCUT2D eigenvalue weighted by atomic mass is 79.9. The zero-order valence-electron chi connectivity index (χ0n) is 12.4. The summed E-state index contributed by atoms with van der Waals surface area (Å²) in [6.07, 6.45) is 2.39. The van der Waals surface area contributed by atoms with Crippen LogP contribution >= 0.6 is 15.9 Å². The van der Waals surface area contributed by atoms with Crippen LogP contribution in [0.2, 0.25) is 0 Å². The van der Waals surface area contributed by atoms with Gasteiger partial charge < -0.3 is 14.8 Å².